The first-order chi connectivity index (χ1) is 11.6. The smallest absolute Gasteiger partial charge is 0.321 e. The maximum atomic E-state index is 12.0. The summed E-state index contributed by atoms with van der Waals surface area (Å²) in [6, 6.07) is 1.70. The Hall–Kier alpha value is -1.67. The highest BCUT2D eigenvalue weighted by Gasteiger charge is 2.23. The van der Waals surface area contributed by atoms with Crippen LogP contribution in [0, 0.1) is 5.92 Å². The number of thiophene rings is 1. The molecule has 0 unspecified atom stereocenters. The molecule has 8 heteroatoms. The minimum absolute atomic E-state index is 0.148. The Balaban J connectivity index is 1.48. The normalized spacial score (nSPS) is 20.7. The van der Waals surface area contributed by atoms with E-state index < -0.39 is 6.03 Å². The molecule has 2 heterocycles. The van der Waals surface area contributed by atoms with Gasteiger partial charge >= 0.3 is 6.03 Å². The van der Waals surface area contributed by atoms with Gasteiger partial charge in [-0.15, -0.1) is 11.3 Å². The number of nitrogens with one attached hydrogen (secondary N) is 2. The second kappa shape index (κ2) is 7.94. The van der Waals surface area contributed by atoms with E-state index >= 15 is 0 Å². The summed E-state index contributed by atoms with van der Waals surface area (Å²) < 4.78 is 0. The number of amides is 3. The van der Waals surface area contributed by atoms with Gasteiger partial charge in [0.25, 0.3) is 0 Å². The lowest BCUT2D eigenvalue weighted by atomic mass is 9.86. The summed E-state index contributed by atoms with van der Waals surface area (Å²) >= 11 is 2.85. The average molecular weight is 364 g/mol. The molecule has 128 valence electrons. The third-order valence-electron chi connectivity index (χ3n) is 4.25. The maximum Gasteiger partial charge on any atom is 0.321 e. The van der Waals surface area contributed by atoms with Crippen LogP contribution in [0.3, 0.4) is 0 Å². The number of urea groups is 1. The highest BCUT2D eigenvalue weighted by atomic mass is 32.2. The number of aromatic nitrogens is 2. The Labute approximate surface area is 148 Å². The number of nitrogens with zero attached hydrogens (tertiary/aromatic N) is 2. The topological polar surface area (TPSA) is 84.0 Å². The lowest BCUT2D eigenvalue weighted by molar-refractivity contribution is -0.117. The minimum Gasteiger partial charge on any atom is -0.335 e. The molecule has 2 aromatic heterocycles. The van der Waals surface area contributed by atoms with E-state index in [0.717, 1.165) is 34.5 Å². The first-order valence-corrected chi connectivity index (χ1v) is 9.91. The van der Waals surface area contributed by atoms with Crippen LogP contribution in [-0.4, -0.2) is 33.7 Å². The van der Waals surface area contributed by atoms with Gasteiger partial charge in [0.15, 0.2) is 0 Å². The SMILES string of the molecule is C[C@H]1CCCC[C@@H]1NC(=O)NC(=O)CSc1ncnc2sccc12. The molecule has 0 radical (unpaired) electrons. The molecule has 1 saturated carbocycles. The number of hydrogen-bond acceptors (Lipinski definition) is 6. The highest BCUT2D eigenvalue weighted by molar-refractivity contribution is 8.00. The molecule has 0 spiro atoms. The van der Waals surface area contributed by atoms with Gasteiger partial charge in [-0.05, 0) is 30.2 Å². The zero-order valence-electron chi connectivity index (χ0n) is 13.4. The van der Waals surface area contributed by atoms with Crippen LogP contribution in [0.2, 0.25) is 0 Å². The molecule has 0 saturated heterocycles. The Bertz CT molecular complexity index is 734. The molecule has 6 nitrogen and oxygen atoms in total. The highest BCUT2D eigenvalue weighted by Crippen LogP contribution is 2.27. The van der Waals surface area contributed by atoms with Gasteiger partial charge in [0.1, 0.15) is 16.2 Å². The predicted molar refractivity (Wildman–Crippen MR) is 96.2 cm³/mol. The van der Waals surface area contributed by atoms with Crippen LogP contribution in [-0.2, 0) is 4.79 Å². The van der Waals surface area contributed by atoms with Crippen molar-refractivity contribution in [1.29, 1.82) is 0 Å². The number of fused-ring (bicyclic) bond motifs is 1. The molecule has 1 aliphatic rings. The Morgan fingerprint density at radius 3 is 3.00 bits per heavy atom. The lowest BCUT2D eigenvalue weighted by Gasteiger charge is -2.29. The Morgan fingerprint density at radius 1 is 1.33 bits per heavy atom. The lowest BCUT2D eigenvalue weighted by Crippen LogP contribution is -2.48. The van der Waals surface area contributed by atoms with E-state index in [-0.39, 0.29) is 17.7 Å². The standard InChI is InChI=1S/C16H20N4O2S2/c1-10-4-2-3-5-12(10)19-16(22)20-13(21)8-24-15-11-6-7-23-14(11)17-9-18-15/h6-7,9-10,12H,2-5,8H2,1H3,(H2,19,20,21,22)/t10-,12-/m0/s1. The average Bonchev–Trinajstić information content (AvgIpc) is 3.04. The van der Waals surface area contributed by atoms with E-state index in [1.165, 1.54) is 35.8 Å². The van der Waals surface area contributed by atoms with Gasteiger partial charge in [-0.1, -0.05) is 31.5 Å². The molecule has 2 atom stereocenters. The molecular weight excluding hydrogens is 344 g/mol. The van der Waals surface area contributed by atoms with Crippen molar-refractivity contribution in [2.45, 2.75) is 43.7 Å². The molecule has 0 aliphatic heterocycles. The number of carbonyl (C=O) groups is 2. The first kappa shape index (κ1) is 17.2. The van der Waals surface area contributed by atoms with Crippen LogP contribution in [0.15, 0.2) is 22.8 Å². The van der Waals surface area contributed by atoms with Crippen molar-refractivity contribution in [2.75, 3.05) is 5.75 Å². The van der Waals surface area contributed by atoms with Crippen molar-refractivity contribution in [3.63, 3.8) is 0 Å². The summed E-state index contributed by atoms with van der Waals surface area (Å²) in [6.45, 7) is 2.14. The second-order valence-corrected chi connectivity index (χ2v) is 7.86. The van der Waals surface area contributed by atoms with E-state index in [9.17, 15) is 9.59 Å². The second-order valence-electron chi connectivity index (χ2n) is 6.00. The zero-order chi connectivity index (χ0) is 16.9. The van der Waals surface area contributed by atoms with Crippen molar-refractivity contribution in [3.05, 3.63) is 17.8 Å². The minimum atomic E-state index is -0.400. The fourth-order valence-corrected chi connectivity index (χ4v) is 4.49. The molecule has 1 fully saturated rings. The van der Waals surface area contributed by atoms with Crippen LogP contribution in [0.25, 0.3) is 10.2 Å². The summed E-state index contributed by atoms with van der Waals surface area (Å²) in [5, 5.41) is 8.98. The molecule has 1 aliphatic carbocycles. The monoisotopic (exact) mass is 364 g/mol. The van der Waals surface area contributed by atoms with Crippen LogP contribution >= 0.6 is 23.1 Å². The first-order valence-electron chi connectivity index (χ1n) is 8.05. The van der Waals surface area contributed by atoms with Crippen molar-refractivity contribution < 1.29 is 9.59 Å². The largest absolute Gasteiger partial charge is 0.335 e. The zero-order valence-corrected chi connectivity index (χ0v) is 15.1. The number of imide groups is 1. The van der Waals surface area contributed by atoms with Crippen molar-refractivity contribution in [2.24, 2.45) is 5.92 Å². The molecule has 3 amide bonds. The van der Waals surface area contributed by atoms with Crippen LogP contribution in [0.4, 0.5) is 4.79 Å². The van der Waals surface area contributed by atoms with Crippen molar-refractivity contribution >= 4 is 45.3 Å². The maximum absolute atomic E-state index is 12.0. The summed E-state index contributed by atoms with van der Waals surface area (Å²) in [7, 11) is 0. The van der Waals surface area contributed by atoms with Crippen LogP contribution < -0.4 is 10.6 Å². The van der Waals surface area contributed by atoms with Crippen molar-refractivity contribution in [3.8, 4) is 0 Å². The Morgan fingerprint density at radius 2 is 2.17 bits per heavy atom. The molecule has 0 bridgehead atoms. The summed E-state index contributed by atoms with van der Waals surface area (Å²) in [5.74, 6) is 0.292. The number of hydrogen-bond donors (Lipinski definition) is 2. The molecule has 2 aromatic rings. The van der Waals surface area contributed by atoms with E-state index in [1.807, 2.05) is 11.4 Å². The van der Waals surface area contributed by atoms with Gasteiger partial charge < -0.3 is 5.32 Å². The van der Waals surface area contributed by atoms with Crippen LogP contribution in [0.5, 0.6) is 0 Å². The fourth-order valence-electron chi connectivity index (χ4n) is 2.91. The third kappa shape index (κ3) is 4.24. The van der Waals surface area contributed by atoms with Gasteiger partial charge in [-0.3, -0.25) is 10.1 Å². The molecule has 0 aromatic carbocycles. The summed E-state index contributed by atoms with van der Waals surface area (Å²) in [6.07, 6.45) is 5.94. The van der Waals surface area contributed by atoms with Gasteiger partial charge in [-0.25, -0.2) is 14.8 Å². The van der Waals surface area contributed by atoms with E-state index in [0.29, 0.717) is 5.92 Å². The molecule has 2 N–H and O–H groups in total. The number of thioether (sulfide) groups is 1. The van der Waals surface area contributed by atoms with Crippen LogP contribution in [0.1, 0.15) is 32.6 Å². The Kier molecular flexibility index (Phi) is 5.68. The van der Waals surface area contributed by atoms with E-state index in [4.69, 9.17) is 0 Å². The summed E-state index contributed by atoms with van der Waals surface area (Å²) in [4.78, 5) is 33.3. The van der Waals surface area contributed by atoms with Gasteiger partial charge in [0.05, 0.1) is 5.75 Å². The molecule has 24 heavy (non-hydrogen) atoms. The third-order valence-corrected chi connectivity index (χ3v) is 6.07. The predicted octanol–water partition coefficient (Wildman–Crippen LogP) is 3.19. The van der Waals surface area contributed by atoms with Gasteiger partial charge in [-0.2, -0.15) is 0 Å². The number of rotatable bonds is 4. The summed E-state index contributed by atoms with van der Waals surface area (Å²) in [5.41, 5.74) is 0. The quantitative estimate of drug-likeness (QED) is 0.643. The van der Waals surface area contributed by atoms with Gasteiger partial charge in [0, 0.05) is 11.4 Å². The van der Waals surface area contributed by atoms with E-state index in [1.54, 1.807) is 0 Å². The van der Waals surface area contributed by atoms with Gasteiger partial charge in [0.2, 0.25) is 5.91 Å². The van der Waals surface area contributed by atoms with Crippen molar-refractivity contribution in [1.82, 2.24) is 20.6 Å². The number of carbonyl (C=O) groups excluding carboxylic acids is 2. The molecule has 3 rings (SSSR count). The fraction of sp³-hybridized carbons (Fsp3) is 0.500. The van der Waals surface area contributed by atoms with E-state index in [2.05, 4.69) is 27.5 Å². The molecular formula is C16H20N4O2S2.